The molecule has 6 nitrogen and oxygen atoms in total. The normalized spacial score (nSPS) is 17.8. The number of halogens is 4. The van der Waals surface area contributed by atoms with Gasteiger partial charge in [-0.1, -0.05) is 0 Å². The minimum absolute atomic E-state index is 0.0259. The van der Waals surface area contributed by atoms with Crippen LogP contribution < -0.4 is 10.6 Å². The molecule has 0 aliphatic carbocycles. The van der Waals surface area contributed by atoms with E-state index in [1.54, 1.807) is 0 Å². The smallest absolute Gasteiger partial charge is 0.363 e. The third kappa shape index (κ3) is 3.07. The van der Waals surface area contributed by atoms with Crippen molar-refractivity contribution in [2.24, 2.45) is 0 Å². The van der Waals surface area contributed by atoms with Crippen LogP contribution in [-0.4, -0.2) is 39.1 Å². The molecular weight excluding hydrogens is 352 g/mol. The molecular formula is C16H14F4N6. The zero-order valence-corrected chi connectivity index (χ0v) is 13.4. The van der Waals surface area contributed by atoms with Gasteiger partial charge in [-0.2, -0.15) is 13.2 Å². The Labute approximate surface area is 145 Å². The summed E-state index contributed by atoms with van der Waals surface area (Å²) in [6.45, 7) is 1.51. The quantitative estimate of drug-likeness (QED) is 0.621. The van der Waals surface area contributed by atoms with E-state index >= 15 is 0 Å². The molecule has 26 heavy (non-hydrogen) atoms. The summed E-state index contributed by atoms with van der Waals surface area (Å²) in [7, 11) is 0. The highest BCUT2D eigenvalue weighted by atomic mass is 19.4. The van der Waals surface area contributed by atoms with Gasteiger partial charge in [0.1, 0.15) is 5.65 Å². The molecule has 3 aromatic heterocycles. The van der Waals surface area contributed by atoms with Gasteiger partial charge in [0, 0.05) is 35.9 Å². The van der Waals surface area contributed by atoms with E-state index in [1.807, 2.05) is 0 Å². The first-order chi connectivity index (χ1) is 12.4. The van der Waals surface area contributed by atoms with Crippen LogP contribution in [0.2, 0.25) is 0 Å². The van der Waals surface area contributed by atoms with Gasteiger partial charge in [-0.15, -0.1) is 0 Å². The van der Waals surface area contributed by atoms with E-state index in [2.05, 4.69) is 30.6 Å². The van der Waals surface area contributed by atoms with Gasteiger partial charge in [-0.05, 0) is 19.0 Å². The number of hydrogen-bond donors (Lipinski definition) is 3. The molecule has 1 aliphatic heterocycles. The topological polar surface area (TPSA) is 78.5 Å². The van der Waals surface area contributed by atoms with E-state index in [4.69, 9.17) is 0 Å². The second-order valence-electron chi connectivity index (χ2n) is 6.04. The van der Waals surface area contributed by atoms with Crippen molar-refractivity contribution in [1.29, 1.82) is 0 Å². The number of nitrogens with one attached hydrogen (secondary N) is 3. The third-order valence-corrected chi connectivity index (χ3v) is 4.24. The Balaban J connectivity index is 1.75. The number of nitrogens with zero attached hydrogens (tertiary/aromatic N) is 3. The molecule has 1 fully saturated rings. The fourth-order valence-electron chi connectivity index (χ4n) is 2.91. The molecule has 0 saturated carbocycles. The highest BCUT2D eigenvalue weighted by molar-refractivity contribution is 5.92. The van der Waals surface area contributed by atoms with Crippen LogP contribution in [0, 0.1) is 5.82 Å². The minimum Gasteiger partial charge on any atom is -0.363 e. The third-order valence-electron chi connectivity index (χ3n) is 4.24. The zero-order valence-electron chi connectivity index (χ0n) is 13.4. The SMILES string of the molecule is Fc1cnc(-c2c[nH]c3ncc(C(F)(F)F)cc23)nc1N[C@@H]1CCNC1. The van der Waals surface area contributed by atoms with Crippen LogP contribution in [0.5, 0.6) is 0 Å². The fraction of sp³-hybridized carbons (Fsp3) is 0.312. The number of fused-ring (bicyclic) bond motifs is 1. The van der Waals surface area contributed by atoms with Gasteiger partial charge in [0.15, 0.2) is 17.5 Å². The Hall–Kier alpha value is -2.75. The summed E-state index contributed by atoms with van der Waals surface area (Å²) in [5.74, 6) is -0.472. The number of H-pyrrole nitrogens is 1. The van der Waals surface area contributed by atoms with Crippen molar-refractivity contribution in [2.75, 3.05) is 18.4 Å². The summed E-state index contributed by atoms with van der Waals surface area (Å²) in [5.41, 5.74) is -0.273. The van der Waals surface area contributed by atoms with Crippen molar-refractivity contribution in [3.8, 4) is 11.4 Å². The maximum atomic E-state index is 14.0. The van der Waals surface area contributed by atoms with E-state index in [0.717, 1.165) is 31.4 Å². The second-order valence-corrected chi connectivity index (χ2v) is 6.04. The van der Waals surface area contributed by atoms with Crippen LogP contribution in [0.3, 0.4) is 0 Å². The average Bonchev–Trinajstić information content (AvgIpc) is 3.25. The molecule has 3 N–H and O–H groups in total. The first-order valence-electron chi connectivity index (χ1n) is 7.96. The van der Waals surface area contributed by atoms with Gasteiger partial charge in [-0.25, -0.2) is 19.3 Å². The Bertz CT molecular complexity index is 946. The Morgan fingerprint density at radius 2 is 2.04 bits per heavy atom. The predicted molar refractivity (Wildman–Crippen MR) is 87.0 cm³/mol. The van der Waals surface area contributed by atoms with Crippen molar-refractivity contribution in [3.05, 3.63) is 36.0 Å². The van der Waals surface area contributed by atoms with Crippen LogP contribution in [0.25, 0.3) is 22.4 Å². The maximum absolute atomic E-state index is 14.0. The number of aromatic nitrogens is 4. The van der Waals surface area contributed by atoms with E-state index in [1.165, 1.54) is 6.20 Å². The van der Waals surface area contributed by atoms with Crippen LogP contribution in [0.15, 0.2) is 24.7 Å². The second kappa shape index (κ2) is 6.20. The molecule has 136 valence electrons. The number of alkyl halides is 3. The molecule has 0 unspecified atom stereocenters. The monoisotopic (exact) mass is 366 g/mol. The lowest BCUT2D eigenvalue weighted by atomic mass is 10.1. The van der Waals surface area contributed by atoms with Gasteiger partial charge in [0.25, 0.3) is 0 Å². The lowest BCUT2D eigenvalue weighted by Crippen LogP contribution is -2.23. The zero-order chi connectivity index (χ0) is 18.3. The first-order valence-corrected chi connectivity index (χ1v) is 7.96. The molecule has 10 heteroatoms. The summed E-state index contributed by atoms with van der Waals surface area (Å²) in [6, 6.07) is 1.02. The first kappa shape index (κ1) is 16.7. The molecule has 0 spiro atoms. The van der Waals surface area contributed by atoms with Crippen molar-refractivity contribution < 1.29 is 17.6 Å². The van der Waals surface area contributed by atoms with Gasteiger partial charge >= 0.3 is 6.18 Å². The van der Waals surface area contributed by atoms with Crippen molar-refractivity contribution >= 4 is 16.9 Å². The van der Waals surface area contributed by atoms with Gasteiger partial charge in [0.2, 0.25) is 0 Å². The van der Waals surface area contributed by atoms with Gasteiger partial charge in [-0.3, -0.25) is 0 Å². The molecule has 0 radical (unpaired) electrons. The standard InChI is InChI=1S/C16H14F4N6/c17-12-7-24-14(26-15(12)25-9-1-2-21-5-9)11-6-23-13-10(11)3-8(4-22-13)16(18,19)20/h3-4,6-7,9,21H,1-2,5H2,(H,22,23)(H,24,25,26)/t9-/m1/s1. The van der Waals surface area contributed by atoms with Crippen LogP contribution in [-0.2, 0) is 6.18 Å². The number of pyridine rings is 1. The average molecular weight is 366 g/mol. The molecule has 4 heterocycles. The van der Waals surface area contributed by atoms with E-state index in [0.29, 0.717) is 12.1 Å². The Kier molecular flexibility index (Phi) is 3.98. The van der Waals surface area contributed by atoms with E-state index < -0.39 is 17.6 Å². The lowest BCUT2D eigenvalue weighted by Gasteiger charge is -2.13. The highest BCUT2D eigenvalue weighted by Gasteiger charge is 2.31. The van der Waals surface area contributed by atoms with Gasteiger partial charge < -0.3 is 15.6 Å². The maximum Gasteiger partial charge on any atom is 0.417 e. The summed E-state index contributed by atoms with van der Waals surface area (Å²) < 4.78 is 52.9. The Morgan fingerprint density at radius 3 is 2.77 bits per heavy atom. The fourth-order valence-corrected chi connectivity index (χ4v) is 2.91. The summed E-state index contributed by atoms with van der Waals surface area (Å²) in [4.78, 5) is 14.7. The number of aromatic amines is 1. The van der Waals surface area contributed by atoms with Crippen LogP contribution in [0.1, 0.15) is 12.0 Å². The summed E-state index contributed by atoms with van der Waals surface area (Å²) in [5, 5.41) is 6.37. The summed E-state index contributed by atoms with van der Waals surface area (Å²) >= 11 is 0. The molecule has 0 bridgehead atoms. The molecule has 3 aromatic rings. The van der Waals surface area contributed by atoms with Crippen molar-refractivity contribution in [3.63, 3.8) is 0 Å². The predicted octanol–water partition coefficient (Wildman–Crippen LogP) is 2.95. The number of hydrogen-bond acceptors (Lipinski definition) is 5. The lowest BCUT2D eigenvalue weighted by molar-refractivity contribution is -0.137. The highest BCUT2D eigenvalue weighted by Crippen LogP contribution is 2.33. The van der Waals surface area contributed by atoms with Crippen LogP contribution >= 0.6 is 0 Å². The van der Waals surface area contributed by atoms with Crippen molar-refractivity contribution in [2.45, 2.75) is 18.6 Å². The minimum atomic E-state index is -4.51. The van der Waals surface area contributed by atoms with Gasteiger partial charge in [0.05, 0.1) is 11.8 Å². The summed E-state index contributed by atoms with van der Waals surface area (Å²) in [6.07, 6.45) is -0.459. The molecule has 1 aliphatic rings. The number of anilines is 1. The van der Waals surface area contributed by atoms with E-state index in [-0.39, 0.29) is 28.7 Å². The Morgan fingerprint density at radius 1 is 1.19 bits per heavy atom. The van der Waals surface area contributed by atoms with Crippen molar-refractivity contribution in [1.82, 2.24) is 25.3 Å². The molecule has 4 rings (SSSR count). The molecule has 1 atom stereocenters. The molecule has 1 saturated heterocycles. The largest absolute Gasteiger partial charge is 0.417 e. The molecule has 0 aromatic carbocycles. The van der Waals surface area contributed by atoms with Crippen LogP contribution in [0.4, 0.5) is 23.4 Å². The van der Waals surface area contributed by atoms with E-state index in [9.17, 15) is 17.6 Å². The molecule has 0 amide bonds. The number of rotatable bonds is 3.